The molecule has 0 saturated carbocycles. The molecule has 0 amide bonds. The zero-order valence-electron chi connectivity index (χ0n) is 11.6. The molecule has 0 atom stereocenters. The van der Waals surface area contributed by atoms with Crippen molar-refractivity contribution in [2.45, 2.75) is 6.92 Å². The first-order valence-electron chi connectivity index (χ1n) is 6.12. The molecule has 0 spiro atoms. The minimum Gasteiger partial charge on any atom is -0.477 e. The summed E-state index contributed by atoms with van der Waals surface area (Å²) in [5, 5.41) is 9.15. The van der Waals surface area contributed by atoms with Crippen molar-refractivity contribution in [3.8, 4) is 11.5 Å². The SMILES string of the molecule is Cc1cc(Oc2cccc(N(C)C)c2)c(C(=O)O)cn1. The summed E-state index contributed by atoms with van der Waals surface area (Å²) in [5.41, 5.74) is 1.73. The third-order valence-corrected chi connectivity index (χ3v) is 2.79. The lowest BCUT2D eigenvalue weighted by Gasteiger charge is -2.14. The van der Waals surface area contributed by atoms with E-state index in [1.165, 1.54) is 6.20 Å². The molecule has 0 bridgehead atoms. The zero-order valence-corrected chi connectivity index (χ0v) is 11.6. The van der Waals surface area contributed by atoms with E-state index in [9.17, 15) is 4.79 Å². The summed E-state index contributed by atoms with van der Waals surface area (Å²) in [5.74, 6) is -0.179. The molecule has 1 heterocycles. The Kier molecular flexibility index (Phi) is 3.89. The number of aromatic nitrogens is 1. The van der Waals surface area contributed by atoms with Crippen LogP contribution >= 0.6 is 0 Å². The Labute approximate surface area is 117 Å². The largest absolute Gasteiger partial charge is 0.477 e. The summed E-state index contributed by atoms with van der Waals surface area (Å²) in [7, 11) is 3.86. The summed E-state index contributed by atoms with van der Waals surface area (Å²) >= 11 is 0. The van der Waals surface area contributed by atoms with Crippen LogP contribution in [0.4, 0.5) is 5.69 Å². The van der Waals surface area contributed by atoms with Gasteiger partial charge in [0.1, 0.15) is 17.1 Å². The van der Waals surface area contributed by atoms with Crippen LogP contribution in [0, 0.1) is 6.92 Å². The van der Waals surface area contributed by atoms with E-state index < -0.39 is 5.97 Å². The van der Waals surface area contributed by atoms with Crippen molar-refractivity contribution in [3.63, 3.8) is 0 Å². The summed E-state index contributed by atoms with van der Waals surface area (Å²) in [4.78, 5) is 17.1. The Balaban J connectivity index is 2.36. The molecule has 0 aliphatic carbocycles. The molecule has 0 aliphatic rings. The van der Waals surface area contributed by atoms with Gasteiger partial charge >= 0.3 is 5.97 Å². The van der Waals surface area contributed by atoms with Crippen molar-refractivity contribution in [3.05, 3.63) is 47.8 Å². The molecule has 1 N–H and O–H groups in total. The number of nitrogens with zero attached hydrogens (tertiary/aromatic N) is 2. The number of aromatic carboxylic acids is 1. The van der Waals surface area contributed by atoms with Crippen molar-refractivity contribution in [1.82, 2.24) is 4.98 Å². The lowest BCUT2D eigenvalue weighted by Crippen LogP contribution is -2.08. The lowest BCUT2D eigenvalue weighted by atomic mass is 10.2. The summed E-state index contributed by atoms with van der Waals surface area (Å²) in [6, 6.07) is 9.06. The molecule has 104 valence electrons. The number of rotatable bonds is 4. The van der Waals surface area contributed by atoms with Gasteiger partial charge in [-0.1, -0.05) is 6.07 Å². The molecule has 5 heteroatoms. The summed E-state index contributed by atoms with van der Waals surface area (Å²) < 4.78 is 5.69. The molecule has 1 aromatic carbocycles. The highest BCUT2D eigenvalue weighted by atomic mass is 16.5. The second-order valence-electron chi connectivity index (χ2n) is 4.62. The molecular weight excluding hydrogens is 256 g/mol. The topological polar surface area (TPSA) is 62.7 Å². The second-order valence-corrected chi connectivity index (χ2v) is 4.62. The quantitative estimate of drug-likeness (QED) is 0.927. The molecule has 1 aromatic heterocycles. The van der Waals surface area contributed by atoms with Gasteiger partial charge < -0.3 is 14.7 Å². The fourth-order valence-electron chi connectivity index (χ4n) is 1.73. The van der Waals surface area contributed by atoms with Crippen LogP contribution in [-0.2, 0) is 0 Å². The van der Waals surface area contributed by atoms with E-state index in [1.807, 2.05) is 37.2 Å². The van der Waals surface area contributed by atoms with Crippen molar-refractivity contribution in [2.24, 2.45) is 0 Å². The maximum atomic E-state index is 11.2. The molecule has 0 fully saturated rings. The van der Waals surface area contributed by atoms with E-state index in [2.05, 4.69) is 4.98 Å². The number of hydrogen-bond donors (Lipinski definition) is 1. The van der Waals surface area contributed by atoms with Gasteiger partial charge in [-0.3, -0.25) is 4.98 Å². The van der Waals surface area contributed by atoms with Gasteiger partial charge in [-0.25, -0.2) is 4.79 Å². The summed E-state index contributed by atoms with van der Waals surface area (Å²) in [6.07, 6.45) is 1.31. The highest BCUT2D eigenvalue weighted by molar-refractivity contribution is 5.90. The maximum Gasteiger partial charge on any atom is 0.341 e. The Morgan fingerprint density at radius 2 is 2.05 bits per heavy atom. The lowest BCUT2D eigenvalue weighted by molar-refractivity contribution is 0.0693. The fourth-order valence-corrected chi connectivity index (χ4v) is 1.73. The molecule has 0 unspecified atom stereocenters. The van der Waals surface area contributed by atoms with Crippen LogP contribution in [0.15, 0.2) is 36.5 Å². The minimum atomic E-state index is -1.06. The first kappa shape index (κ1) is 13.9. The predicted octanol–water partition coefficient (Wildman–Crippen LogP) is 2.95. The fraction of sp³-hybridized carbons (Fsp3) is 0.200. The number of anilines is 1. The monoisotopic (exact) mass is 272 g/mol. The Morgan fingerprint density at radius 1 is 1.30 bits per heavy atom. The molecule has 0 radical (unpaired) electrons. The van der Waals surface area contributed by atoms with Gasteiger partial charge in [0, 0.05) is 43.8 Å². The Morgan fingerprint density at radius 3 is 2.70 bits per heavy atom. The van der Waals surface area contributed by atoms with Gasteiger partial charge in [-0.2, -0.15) is 0 Å². The Hall–Kier alpha value is -2.56. The van der Waals surface area contributed by atoms with Crippen molar-refractivity contribution in [1.29, 1.82) is 0 Å². The highest BCUT2D eigenvalue weighted by Crippen LogP contribution is 2.28. The van der Waals surface area contributed by atoms with Crippen LogP contribution < -0.4 is 9.64 Å². The van der Waals surface area contributed by atoms with Crippen LogP contribution in [0.2, 0.25) is 0 Å². The van der Waals surface area contributed by atoms with E-state index in [0.29, 0.717) is 17.2 Å². The van der Waals surface area contributed by atoms with Gasteiger partial charge in [0.25, 0.3) is 0 Å². The average Bonchev–Trinajstić information content (AvgIpc) is 2.38. The van der Waals surface area contributed by atoms with Crippen molar-refractivity contribution >= 4 is 11.7 Å². The number of pyridine rings is 1. The first-order chi connectivity index (χ1) is 9.47. The number of carbonyl (C=O) groups is 1. The van der Waals surface area contributed by atoms with E-state index in [0.717, 1.165) is 5.69 Å². The third kappa shape index (κ3) is 3.06. The zero-order chi connectivity index (χ0) is 14.7. The van der Waals surface area contributed by atoms with Gasteiger partial charge in [0.2, 0.25) is 0 Å². The van der Waals surface area contributed by atoms with E-state index in [4.69, 9.17) is 9.84 Å². The van der Waals surface area contributed by atoms with Gasteiger partial charge in [0.15, 0.2) is 0 Å². The smallest absolute Gasteiger partial charge is 0.341 e. The van der Waals surface area contributed by atoms with E-state index in [-0.39, 0.29) is 5.56 Å². The van der Waals surface area contributed by atoms with Gasteiger partial charge in [-0.15, -0.1) is 0 Å². The first-order valence-corrected chi connectivity index (χ1v) is 6.12. The summed E-state index contributed by atoms with van der Waals surface area (Å²) in [6.45, 7) is 1.79. The van der Waals surface area contributed by atoms with Crippen LogP contribution in [0.1, 0.15) is 16.1 Å². The second kappa shape index (κ2) is 5.61. The van der Waals surface area contributed by atoms with Crippen LogP contribution in [0.5, 0.6) is 11.5 Å². The average molecular weight is 272 g/mol. The molecule has 0 aliphatic heterocycles. The minimum absolute atomic E-state index is 0.0471. The molecule has 20 heavy (non-hydrogen) atoms. The maximum absolute atomic E-state index is 11.2. The number of ether oxygens (including phenoxy) is 1. The van der Waals surface area contributed by atoms with Crippen molar-refractivity contribution < 1.29 is 14.6 Å². The molecule has 0 saturated heterocycles. The molecule has 5 nitrogen and oxygen atoms in total. The number of carboxylic acid groups (broad SMARTS) is 1. The Bertz CT molecular complexity index is 639. The van der Waals surface area contributed by atoms with Crippen LogP contribution in [0.3, 0.4) is 0 Å². The van der Waals surface area contributed by atoms with Gasteiger partial charge in [0.05, 0.1) is 0 Å². The standard InChI is InChI=1S/C15H16N2O3/c1-10-7-14(13(9-16-10)15(18)19)20-12-6-4-5-11(8-12)17(2)3/h4-9H,1-3H3,(H,18,19). The van der Waals surface area contributed by atoms with E-state index in [1.54, 1.807) is 19.1 Å². The number of carboxylic acids is 1. The molecule has 2 rings (SSSR count). The number of benzene rings is 1. The molecular formula is C15H16N2O3. The van der Waals surface area contributed by atoms with Crippen molar-refractivity contribution in [2.75, 3.05) is 19.0 Å². The predicted molar refractivity (Wildman–Crippen MR) is 76.8 cm³/mol. The number of hydrogen-bond acceptors (Lipinski definition) is 4. The normalized spacial score (nSPS) is 10.2. The van der Waals surface area contributed by atoms with E-state index >= 15 is 0 Å². The van der Waals surface area contributed by atoms with Crippen LogP contribution in [0.25, 0.3) is 0 Å². The number of aryl methyl sites for hydroxylation is 1. The highest BCUT2D eigenvalue weighted by Gasteiger charge is 2.13. The van der Waals surface area contributed by atoms with Gasteiger partial charge in [-0.05, 0) is 19.1 Å². The third-order valence-electron chi connectivity index (χ3n) is 2.79. The van der Waals surface area contributed by atoms with Crippen LogP contribution in [-0.4, -0.2) is 30.2 Å². The molecule has 2 aromatic rings.